The number of allylic oxidation sites excluding steroid dienone is 2. The summed E-state index contributed by atoms with van der Waals surface area (Å²) in [5.74, 6) is 1.21. The Morgan fingerprint density at radius 1 is 1.24 bits per heavy atom. The topological polar surface area (TPSA) is 35.0 Å². The van der Waals surface area contributed by atoms with Gasteiger partial charge in [0.15, 0.2) is 6.61 Å². The van der Waals surface area contributed by atoms with Gasteiger partial charge in [0.25, 0.3) is 0 Å². The van der Waals surface area contributed by atoms with Crippen molar-refractivity contribution in [1.29, 1.82) is 0 Å². The average molecular weight is 240 g/mol. The van der Waals surface area contributed by atoms with Crippen LogP contribution in [0.4, 0.5) is 0 Å². The van der Waals surface area contributed by atoms with Crippen molar-refractivity contribution in [2.75, 3.05) is 13.2 Å². The molecule has 1 aliphatic rings. The van der Waals surface area contributed by atoms with E-state index in [4.69, 9.17) is 4.74 Å². The zero-order chi connectivity index (χ0) is 12.9. The first kappa shape index (κ1) is 14.1. The van der Waals surface area contributed by atoms with Crippen molar-refractivity contribution >= 4 is 0 Å². The molecule has 0 atom stereocenters. The molecule has 0 radical (unpaired) electrons. The van der Waals surface area contributed by atoms with E-state index in [1.54, 1.807) is 6.92 Å². The third-order valence-electron chi connectivity index (χ3n) is 3.36. The smallest absolute Gasteiger partial charge is 0.229 e. The van der Waals surface area contributed by atoms with Crippen molar-refractivity contribution in [1.82, 2.24) is 0 Å². The summed E-state index contributed by atoms with van der Waals surface area (Å²) in [6.45, 7) is 12.0. The Morgan fingerprint density at radius 3 is 2.29 bits per heavy atom. The summed E-state index contributed by atoms with van der Waals surface area (Å²) >= 11 is 0. The van der Waals surface area contributed by atoms with Crippen LogP contribution in [-0.4, -0.2) is 13.2 Å². The molecule has 98 valence electrons. The van der Waals surface area contributed by atoms with Gasteiger partial charge in [0.05, 0.1) is 11.2 Å². The SMILES string of the molecule is C=C(C)OCC1(C[O+]([O-])C(=C)C)CCCCC1. The molecule has 3 heteroatoms. The van der Waals surface area contributed by atoms with Crippen LogP contribution in [0, 0.1) is 5.41 Å². The molecule has 0 heterocycles. The Hall–Kier alpha value is -0.960. The molecular weight excluding hydrogens is 216 g/mol. The van der Waals surface area contributed by atoms with Crippen molar-refractivity contribution in [3.63, 3.8) is 0 Å². The van der Waals surface area contributed by atoms with Crippen molar-refractivity contribution in [3.05, 3.63) is 24.7 Å². The number of rotatable bonds is 6. The minimum Gasteiger partial charge on any atom is -0.568 e. The van der Waals surface area contributed by atoms with Gasteiger partial charge in [-0.15, -0.1) is 0 Å². The van der Waals surface area contributed by atoms with Gasteiger partial charge in [-0.1, -0.05) is 25.8 Å². The molecule has 0 unspecified atom stereocenters. The molecule has 17 heavy (non-hydrogen) atoms. The lowest BCUT2D eigenvalue weighted by Gasteiger charge is -2.40. The first-order valence-corrected chi connectivity index (χ1v) is 6.27. The van der Waals surface area contributed by atoms with Gasteiger partial charge in [0.1, 0.15) is 6.61 Å². The minimum atomic E-state index is -0.0530. The van der Waals surface area contributed by atoms with Crippen LogP contribution in [0.1, 0.15) is 46.0 Å². The molecular formula is C14H24O3. The Kier molecular flexibility index (Phi) is 5.06. The molecule has 0 saturated heterocycles. The van der Waals surface area contributed by atoms with Crippen molar-refractivity contribution in [2.45, 2.75) is 46.0 Å². The molecule has 1 saturated carbocycles. The molecule has 0 bridgehead atoms. The summed E-state index contributed by atoms with van der Waals surface area (Å²) in [6.07, 6.45) is 5.68. The van der Waals surface area contributed by atoms with Gasteiger partial charge in [-0.05, 0) is 26.3 Å². The molecule has 0 aromatic carbocycles. The molecule has 0 amide bonds. The highest BCUT2D eigenvalue weighted by Gasteiger charge is 2.37. The summed E-state index contributed by atoms with van der Waals surface area (Å²) in [7, 11) is 0. The normalized spacial score (nSPS) is 18.5. The van der Waals surface area contributed by atoms with Crippen LogP contribution in [0.2, 0.25) is 0 Å². The zero-order valence-corrected chi connectivity index (χ0v) is 11.1. The molecule has 0 aromatic rings. The Bertz CT molecular complexity index is 277. The monoisotopic (exact) mass is 240 g/mol. The lowest BCUT2D eigenvalue weighted by Crippen LogP contribution is -2.41. The maximum Gasteiger partial charge on any atom is 0.229 e. The summed E-state index contributed by atoms with van der Waals surface area (Å²) in [5, 5.41) is 11.7. The third kappa shape index (κ3) is 4.43. The van der Waals surface area contributed by atoms with E-state index in [2.05, 4.69) is 13.2 Å². The van der Waals surface area contributed by atoms with Crippen molar-refractivity contribution < 1.29 is 14.5 Å². The third-order valence-corrected chi connectivity index (χ3v) is 3.36. The van der Waals surface area contributed by atoms with Gasteiger partial charge in [-0.2, -0.15) is 0 Å². The molecule has 1 fully saturated rings. The lowest BCUT2D eigenvalue weighted by atomic mass is 9.75. The lowest BCUT2D eigenvalue weighted by molar-refractivity contribution is -0.780. The minimum absolute atomic E-state index is 0.0530. The molecule has 3 nitrogen and oxygen atoms in total. The summed E-state index contributed by atoms with van der Waals surface area (Å²) in [4.78, 5) is 0. The molecule has 1 aliphatic carbocycles. The van der Waals surface area contributed by atoms with Crippen LogP contribution < -0.4 is 5.26 Å². The molecule has 1 rings (SSSR count). The predicted octanol–water partition coefficient (Wildman–Crippen LogP) is 2.85. The van der Waals surface area contributed by atoms with Gasteiger partial charge in [0, 0.05) is 6.92 Å². The fourth-order valence-electron chi connectivity index (χ4n) is 2.31. The maximum atomic E-state index is 11.7. The van der Waals surface area contributed by atoms with Crippen LogP contribution in [0.15, 0.2) is 24.7 Å². The molecule has 0 spiro atoms. The second kappa shape index (κ2) is 6.10. The highest BCUT2D eigenvalue weighted by atomic mass is 17.2. The van der Waals surface area contributed by atoms with E-state index in [1.807, 2.05) is 11.4 Å². The molecule has 0 aliphatic heterocycles. The van der Waals surface area contributed by atoms with E-state index in [9.17, 15) is 5.26 Å². The van der Waals surface area contributed by atoms with E-state index in [0.717, 1.165) is 12.8 Å². The average Bonchev–Trinajstić information content (AvgIpc) is 2.27. The van der Waals surface area contributed by atoms with E-state index < -0.39 is 0 Å². The van der Waals surface area contributed by atoms with E-state index in [0.29, 0.717) is 24.7 Å². The first-order valence-electron chi connectivity index (χ1n) is 6.27. The highest BCUT2D eigenvalue weighted by Crippen LogP contribution is 2.38. The second-order valence-electron chi connectivity index (χ2n) is 5.24. The largest absolute Gasteiger partial charge is 0.568 e. The maximum absolute atomic E-state index is 11.7. The van der Waals surface area contributed by atoms with Gasteiger partial charge >= 0.3 is 0 Å². The molecule has 0 aromatic heterocycles. The van der Waals surface area contributed by atoms with Gasteiger partial charge in [-0.3, -0.25) is 0 Å². The van der Waals surface area contributed by atoms with Crippen LogP contribution in [0.25, 0.3) is 0 Å². The van der Waals surface area contributed by atoms with E-state index in [1.165, 1.54) is 19.3 Å². The van der Waals surface area contributed by atoms with Crippen LogP contribution >= 0.6 is 0 Å². The van der Waals surface area contributed by atoms with Crippen molar-refractivity contribution in [2.24, 2.45) is 5.41 Å². The van der Waals surface area contributed by atoms with E-state index in [-0.39, 0.29) is 5.41 Å². The van der Waals surface area contributed by atoms with E-state index >= 15 is 0 Å². The number of ether oxygens (including phenoxy) is 1. The number of hydrogen-bond donors (Lipinski definition) is 0. The zero-order valence-electron chi connectivity index (χ0n) is 11.1. The predicted molar refractivity (Wildman–Crippen MR) is 67.1 cm³/mol. The Labute approximate surface area is 104 Å². The van der Waals surface area contributed by atoms with Crippen LogP contribution in [0.3, 0.4) is 0 Å². The van der Waals surface area contributed by atoms with Crippen LogP contribution in [-0.2, 0) is 9.25 Å². The quantitative estimate of drug-likeness (QED) is 0.310. The summed E-state index contributed by atoms with van der Waals surface area (Å²) in [5.41, 5.74) is -0.0530. The number of hydrogen-bond acceptors (Lipinski definition) is 2. The Balaban J connectivity index is 2.63. The van der Waals surface area contributed by atoms with Gasteiger partial charge in [0.2, 0.25) is 5.76 Å². The fraction of sp³-hybridized carbons (Fsp3) is 0.714. The summed E-state index contributed by atoms with van der Waals surface area (Å²) < 4.78 is 7.40. The first-order chi connectivity index (χ1) is 7.95. The summed E-state index contributed by atoms with van der Waals surface area (Å²) in [6, 6.07) is 0. The standard InChI is InChI=1S/C14H24O3/c1-12(2)16-10-14(8-6-5-7-9-14)11-17(15)13(3)4/h1,3,5-11H2,2,4H3. The van der Waals surface area contributed by atoms with Gasteiger partial charge in [-0.25, -0.2) is 0 Å². The van der Waals surface area contributed by atoms with Crippen molar-refractivity contribution in [3.8, 4) is 0 Å². The molecule has 0 N–H and O–H groups in total. The second-order valence-corrected chi connectivity index (χ2v) is 5.24. The Morgan fingerprint density at radius 2 is 1.82 bits per heavy atom. The van der Waals surface area contributed by atoms with Gasteiger partial charge < -0.3 is 14.5 Å². The highest BCUT2D eigenvalue weighted by molar-refractivity contribution is 4.88. The van der Waals surface area contributed by atoms with Crippen LogP contribution in [0.5, 0.6) is 0 Å². The fourth-order valence-corrected chi connectivity index (χ4v) is 2.31.